The van der Waals surface area contributed by atoms with E-state index in [9.17, 15) is 14.4 Å². The first-order chi connectivity index (χ1) is 15.4. The van der Waals surface area contributed by atoms with Crippen molar-refractivity contribution in [1.29, 1.82) is 0 Å². The lowest BCUT2D eigenvalue weighted by atomic mass is 9.74. The predicted octanol–water partition coefficient (Wildman–Crippen LogP) is 1.92. The highest BCUT2D eigenvalue weighted by Gasteiger charge is 2.73. The van der Waals surface area contributed by atoms with Crippen molar-refractivity contribution in [2.45, 2.75) is 75.9 Å². The number of carbonyl (C=O) groups excluding carboxylic acids is 3. The number of ether oxygens (including phenoxy) is 1. The number of fused-ring (bicyclic) bond motifs is 1. The van der Waals surface area contributed by atoms with Gasteiger partial charge in [0.1, 0.15) is 11.6 Å². The van der Waals surface area contributed by atoms with Gasteiger partial charge in [-0.2, -0.15) is 0 Å². The molecule has 1 spiro atoms. The van der Waals surface area contributed by atoms with Gasteiger partial charge in [-0.3, -0.25) is 14.4 Å². The molecule has 1 aliphatic carbocycles. The maximum absolute atomic E-state index is 13.6. The molecule has 1 aromatic carbocycles. The number of rotatable bonds is 6. The number of nitrogens with zero attached hydrogens (tertiary/aromatic N) is 1. The molecular formula is C25H31N3O4. The Morgan fingerprint density at radius 1 is 1.16 bits per heavy atom. The average Bonchev–Trinajstić information content (AvgIpc) is 3.54. The van der Waals surface area contributed by atoms with E-state index in [0.717, 1.165) is 31.2 Å². The van der Waals surface area contributed by atoms with Crippen LogP contribution in [0.15, 0.2) is 42.5 Å². The third-order valence-corrected chi connectivity index (χ3v) is 7.43. The van der Waals surface area contributed by atoms with Crippen LogP contribution in [0.1, 0.15) is 45.1 Å². The third-order valence-electron chi connectivity index (χ3n) is 7.43. The SMILES string of the molecule is CC(C)N1C(=O)[C@@H]2[C@H](C(=O)NCc3ccccc3)[C@H]3C=C[C@@]2(O3)[C@@H]1C(=O)NC1CCCC1. The maximum Gasteiger partial charge on any atom is 0.246 e. The number of likely N-dealkylation sites (tertiary alicyclic amines) is 1. The van der Waals surface area contributed by atoms with Crippen LogP contribution in [0.2, 0.25) is 0 Å². The molecule has 3 heterocycles. The van der Waals surface area contributed by atoms with Crippen LogP contribution in [0, 0.1) is 11.8 Å². The highest BCUT2D eigenvalue weighted by atomic mass is 16.5. The van der Waals surface area contributed by atoms with E-state index >= 15 is 0 Å². The molecule has 3 aliphatic heterocycles. The average molecular weight is 438 g/mol. The molecule has 5 rings (SSSR count). The standard InChI is InChI=1S/C25H31N3O4/c1-15(2)28-21(23(30)27-17-10-6-7-11-17)25-13-12-18(32-25)19(20(25)24(28)31)22(29)26-14-16-8-4-3-5-9-16/h3-5,8-9,12-13,15,17-21H,6-7,10-11,14H2,1-2H3,(H,26,29)(H,27,30)/t18-,19-,20+,21+,25+/m1/s1. The zero-order chi connectivity index (χ0) is 22.5. The monoisotopic (exact) mass is 437 g/mol. The second kappa shape index (κ2) is 8.03. The van der Waals surface area contributed by atoms with Crippen LogP contribution in [-0.2, 0) is 25.7 Å². The van der Waals surface area contributed by atoms with Crippen LogP contribution in [0.4, 0.5) is 0 Å². The Labute approximate surface area is 188 Å². The molecule has 2 bridgehead atoms. The van der Waals surface area contributed by atoms with Gasteiger partial charge in [-0.15, -0.1) is 0 Å². The van der Waals surface area contributed by atoms with Crippen molar-refractivity contribution in [3.63, 3.8) is 0 Å². The van der Waals surface area contributed by atoms with Gasteiger partial charge in [-0.1, -0.05) is 55.3 Å². The quantitative estimate of drug-likeness (QED) is 0.666. The van der Waals surface area contributed by atoms with E-state index in [1.165, 1.54) is 0 Å². The first-order valence-electron chi connectivity index (χ1n) is 11.7. The van der Waals surface area contributed by atoms with Crippen LogP contribution >= 0.6 is 0 Å². The lowest BCUT2D eigenvalue weighted by Crippen LogP contribution is -2.57. The van der Waals surface area contributed by atoms with Crippen molar-refractivity contribution in [2.75, 3.05) is 0 Å². The summed E-state index contributed by atoms with van der Waals surface area (Å²) in [4.78, 5) is 41.9. The minimum Gasteiger partial charge on any atom is -0.359 e. The molecule has 2 saturated heterocycles. The summed E-state index contributed by atoms with van der Waals surface area (Å²) < 4.78 is 6.32. The minimum atomic E-state index is -1.08. The zero-order valence-corrected chi connectivity index (χ0v) is 18.6. The molecule has 7 heteroatoms. The van der Waals surface area contributed by atoms with Crippen molar-refractivity contribution >= 4 is 17.7 Å². The maximum atomic E-state index is 13.6. The summed E-state index contributed by atoms with van der Waals surface area (Å²) >= 11 is 0. The summed E-state index contributed by atoms with van der Waals surface area (Å²) in [7, 11) is 0. The van der Waals surface area contributed by atoms with E-state index in [1.807, 2.05) is 56.3 Å². The Balaban J connectivity index is 1.40. The Morgan fingerprint density at radius 3 is 2.56 bits per heavy atom. The Morgan fingerprint density at radius 2 is 1.88 bits per heavy atom. The molecule has 4 aliphatic rings. The van der Waals surface area contributed by atoms with Gasteiger partial charge in [0.15, 0.2) is 0 Å². The molecular weight excluding hydrogens is 406 g/mol. The van der Waals surface area contributed by atoms with Crippen LogP contribution in [0.25, 0.3) is 0 Å². The van der Waals surface area contributed by atoms with Crippen molar-refractivity contribution in [3.05, 3.63) is 48.0 Å². The van der Waals surface area contributed by atoms with Crippen molar-refractivity contribution in [2.24, 2.45) is 11.8 Å². The summed E-state index contributed by atoms with van der Waals surface area (Å²) in [6.45, 7) is 4.21. The molecule has 3 amide bonds. The smallest absolute Gasteiger partial charge is 0.246 e. The van der Waals surface area contributed by atoms with E-state index < -0.39 is 29.6 Å². The van der Waals surface area contributed by atoms with Crippen molar-refractivity contribution < 1.29 is 19.1 Å². The molecule has 32 heavy (non-hydrogen) atoms. The molecule has 3 fully saturated rings. The van der Waals surface area contributed by atoms with Gasteiger partial charge < -0.3 is 20.3 Å². The van der Waals surface area contributed by atoms with Gasteiger partial charge in [0.05, 0.1) is 17.9 Å². The summed E-state index contributed by atoms with van der Waals surface area (Å²) in [6.07, 6.45) is 7.38. The molecule has 1 aromatic rings. The van der Waals surface area contributed by atoms with E-state index in [2.05, 4.69) is 10.6 Å². The summed E-state index contributed by atoms with van der Waals surface area (Å²) in [5.41, 5.74) is -0.0886. The molecule has 0 radical (unpaired) electrons. The Bertz CT molecular complexity index is 940. The summed E-state index contributed by atoms with van der Waals surface area (Å²) in [6, 6.07) is 8.89. The number of hydrogen-bond donors (Lipinski definition) is 2. The molecule has 5 atom stereocenters. The lowest BCUT2D eigenvalue weighted by Gasteiger charge is -2.34. The largest absolute Gasteiger partial charge is 0.359 e. The second-order valence-electron chi connectivity index (χ2n) is 9.73. The first kappa shape index (κ1) is 21.2. The van der Waals surface area contributed by atoms with Crippen LogP contribution in [0.3, 0.4) is 0 Å². The fourth-order valence-corrected chi connectivity index (χ4v) is 6.01. The van der Waals surface area contributed by atoms with Crippen LogP contribution in [0.5, 0.6) is 0 Å². The van der Waals surface area contributed by atoms with Gasteiger partial charge in [-0.25, -0.2) is 0 Å². The number of benzene rings is 1. The lowest BCUT2D eigenvalue weighted by molar-refractivity contribution is -0.143. The fraction of sp³-hybridized carbons (Fsp3) is 0.560. The molecule has 1 saturated carbocycles. The molecule has 0 aromatic heterocycles. The normalized spacial score (nSPS) is 33.2. The van der Waals surface area contributed by atoms with Crippen LogP contribution < -0.4 is 10.6 Å². The van der Waals surface area contributed by atoms with E-state index in [4.69, 9.17) is 4.74 Å². The molecule has 2 N–H and O–H groups in total. The topological polar surface area (TPSA) is 87.7 Å². The van der Waals surface area contributed by atoms with Gasteiger partial charge in [0, 0.05) is 18.6 Å². The van der Waals surface area contributed by atoms with Gasteiger partial charge in [-0.05, 0) is 32.3 Å². The highest BCUT2D eigenvalue weighted by molar-refractivity contribution is 6.00. The predicted molar refractivity (Wildman–Crippen MR) is 118 cm³/mol. The van der Waals surface area contributed by atoms with Gasteiger partial charge >= 0.3 is 0 Å². The third kappa shape index (κ3) is 3.25. The van der Waals surface area contributed by atoms with Crippen molar-refractivity contribution in [3.8, 4) is 0 Å². The van der Waals surface area contributed by atoms with Crippen molar-refractivity contribution in [1.82, 2.24) is 15.5 Å². The number of nitrogens with one attached hydrogen (secondary N) is 2. The Kier molecular flexibility index (Phi) is 5.32. The van der Waals surface area contributed by atoms with Gasteiger partial charge in [0.2, 0.25) is 17.7 Å². The van der Waals surface area contributed by atoms with E-state index in [0.29, 0.717) is 6.54 Å². The van der Waals surface area contributed by atoms with E-state index in [1.54, 1.807) is 4.90 Å². The van der Waals surface area contributed by atoms with Crippen LogP contribution in [-0.4, -0.2) is 52.5 Å². The molecule has 7 nitrogen and oxygen atoms in total. The highest BCUT2D eigenvalue weighted by Crippen LogP contribution is 2.55. The fourth-order valence-electron chi connectivity index (χ4n) is 6.01. The Hall–Kier alpha value is -2.67. The second-order valence-corrected chi connectivity index (χ2v) is 9.73. The summed E-state index contributed by atoms with van der Waals surface area (Å²) in [5.74, 6) is -1.86. The number of carbonyl (C=O) groups is 3. The van der Waals surface area contributed by atoms with E-state index in [-0.39, 0.29) is 29.8 Å². The first-order valence-corrected chi connectivity index (χ1v) is 11.7. The zero-order valence-electron chi connectivity index (χ0n) is 18.6. The van der Waals surface area contributed by atoms with Gasteiger partial charge in [0.25, 0.3) is 0 Å². The molecule has 0 unspecified atom stereocenters. The summed E-state index contributed by atoms with van der Waals surface area (Å²) in [5, 5.41) is 6.14. The molecule has 170 valence electrons. The number of hydrogen-bond acceptors (Lipinski definition) is 4. The number of amides is 3. The minimum absolute atomic E-state index is 0.148.